The number of anilines is 3. The van der Waals surface area contributed by atoms with E-state index in [1.807, 2.05) is 6.07 Å². The maximum atomic E-state index is 6.83. The monoisotopic (exact) mass is 896 g/mol. The topological polar surface area (TPSA) is 30.5 Å². The number of aromatic nitrogens is 1. The van der Waals surface area contributed by atoms with E-state index in [1.54, 1.807) is 0 Å². The first kappa shape index (κ1) is 40.0. The highest BCUT2D eigenvalue weighted by molar-refractivity contribution is 6.20. The number of nitrogens with zero attached hydrogens (tertiary/aromatic N) is 2. The summed E-state index contributed by atoms with van der Waals surface area (Å²) in [7, 11) is 0. The smallest absolute Gasteiger partial charge is 0.152 e. The Bertz CT molecular complexity index is 4170. The first-order valence-corrected chi connectivity index (χ1v) is 24.1. The van der Waals surface area contributed by atoms with Crippen molar-refractivity contribution in [2.45, 2.75) is 12.8 Å². The van der Waals surface area contributed by atoms with Crippen molar-refractivity contribution in [3.63, 3.8) is 0 Å². The van der Waals surface area contributed by atoms with Crippen LogP contribution in [0.3, 0.4) is 0 Å². The summed E-state index contributed by atoms with van der Waals surface area (Å²) in [5.41, 5.74) is 17.9. The van der Waals surface area contributed by atoms with Crippen molar-refractivity contribution >= 4 is 71.6 Å². The predicted molar refractivity (Wildman–Crippen MR) is 291 cm³/mol. The van der Waals surface area contributed by atoms with E-state index in [0.29, 0.717) is 0 Å². The molecule has 14 rings (SSSR count). The molecule has 1 aliphatic rings. The van der Waals surface area contributed by atoms with Crippen molar-refractivity contribution in [2.75, 3.05) is 4.90 Å². The van der Waals surface area contributed by atoms with Gasteiger partial charge in [-0.3, -0.25) is 0 Å². The minimum atomic E-state index is 0.0291. The second kappa shape index (κ2) is 16.0. The minimum Gasteiger partial charge on any atom is -0.455 e. The van der Waals surface area contributed by atoms with Crippen LogP contribution in [0.2, 0.25) is 0 Å². The molecule has 0 unspecified atom stereocenters. The molecule has 13 aromatic rings. The lowest BCUT2D eigenvalue weighted by Crippen LogP contribution is -2.14. The van der Waals surface area contributed by atoms with Gasteiger partial charge in [0.25, 0.3) is 0 Å². The number of fused-ring (bicyclic) bond motifs is 10. The van der Waals surface area contributed by atoms with Gasteiger partial charge in [-0.1, -0.05) is 177 Å². The van der Waals surface area contributed by atoms with Crippen LogP contribution in [-0.2, 0) is 0 Å². The first-order chi connectivity index (χ1) is 34.6. The number of ether oxygens (including phenoxy) is 1. The fourth-order valence-corrected chi connectivity index (χ4v) is 11.1. The summed E-state index contributed by atoms with van der Waals surface area (Å²) in [6, 6.07) is 87.4. The number of hydrogen-bond acceptors (Lipinski definition) is 3. The first-order valence-electron chi connectivity index (χ1n) is 24.1. The number of rotatable bonds is 8. The van der Waals surface area contributed by atoms with Crippen LogP contribution in [0.5, 0.6) is 11.5 Å². The van der Waals surface area contributed by atoms with Gasteiger partial charge in [0.05, 0.1) is 27.8 Å². The molecule has 4 heteroatoms. The quantitative estimate of drug-likeness (QED) is 0.152. The maximum absolute atomic E-state index is 6.83. The number of para-hydroxylation sites is 4. The minimum absolute atomic E-state index is 0.0291. The Hall–Kier alpha value is -9.12. The summed E-state index contributed by atoms with van der Waals surface area (Å²) in [5.74, 6) is 1.77. The molecule has 2 aromatic heterocycles. The molecule has 3 heterocycles. The molecule has 330 valence electrons. The van der Waals surface area contributed by atoms with E-state index in [9.17, 15) is 0 Å². The van der Waals surface area contributed by atoms with Crippen LogP contribution in [0, 0.1) is 0 Å². The summed E-state index contributed by atoms with van der Waals surface area (Å²) in [6.07, 6.45) is 0. The highest BCUT2D eigenvalue weighted by Crippen LogP contribution is 2.49. The van der Waals surface area contributed by atoms with Crippen molar-refractivity contribution in [1.29, 1.82) is 0 Å². The molecule has 0 saturated heterocycles. The molecular formula is C66H44N2O2. The number of benzene rings is 11. The van der Waals surface area contributed by atoms with Crippen molar-refractivity contribution in [3.05, 3.63) is 254 Å². The Kier molecular flexibility index (Phi) is 9.15. The Balaban J connectivity index is 0.934. The molecule has 0 N–H and O–H groups in total. The van der Waals surface area contributed by atoms with E-state index in [2.05, 4.69) is 253 Å². The summed E-state index contributed by atoms with van der Waals surface area (Å²) >= 11 is 0. The van der Waals surface area contributed by atoms with E-state index in [0.717, 1.165) is 83.6 Å². The summed E-state index contributed by atoms with van der Waals surface area (Å²) in [4.78, 5) is 2.45. The lowest BCUT2D eigenvalue weighted by atomic mass is 9.90. The Morgan fingerprint density at radius 3 is 1.99 bits per heavy atom. The van der Waals surface area contributed by atoms with E-state index >= 15 is 0 Å². The van der Waals surface area contributed by atoms with Gasteiger partial charge in [-0.15, -0.1) is 0 Å². The van der Waals surface area contributed by atoms with Crippen molar-refractivity contribution < 1.29 is 9.15 Å². The van der Waals surface area contributed by atoms with Gasteiger partial charge in [-0.05, 0) is 123 Å². The lowest BCUT2D eigenvalue weighted by Gasteiger charge is -2.30. The standard InChI is InChI=1S/C66H44N2O2/c1-42(47-34-39-58-56(40-47)53-23-14-29-63-65(53)68(58)59-25-12-13-27-61(59)69-63)50-21-10-11-24-57(50)67(60-26-15-28-62-64(60)54-38-32-46-20-8-9-22-52(46)66(54)70-62)49-35-30-43(31-36-49)48-33-37-51(44-16-4-2-5-17-44)55(41-48)45-18-6-3-7-19-45/h2-42H,1H3/t42-/m0/s1. The molecule has 0 aliphatic carbocycles. The summed E-state index contributed by atoms with van der Waals surface area (Å²) in [5, 5.41) is 6.83. The maximum Gasteiger partial charge on any atom is 0.152 e. The third kappa shape index (κ3) is 6.30. The molecule has 1 atom stereocenters. The van der Waals surface area contributed by atoms with Crippen LogP contribution < -0.4 is 9.64 Å². The van der Waals surface area contributed by atoms with Crippen LogP contribution in [0.15, 0.2) is 247 Å². The van der Waals surface area contributed by atoms with Gasteiger partial charge in [0.1, 0.15) is 11.2 Å². The van der Waals surface area contributed by atoms with E-state index in [1.165, 1.54) is 49.7 Å². The van der Waals surface area contributed by atoms with Crippen LogP contribution >= 0.6 is 0 Å². The van der Waals surface area contributed by atoms with Gasteiger partial charge in [-0.25, -0.2) is 0 Å². The van der Waals surface area contributed by atoms with Gasteiger partial charge >= 0.3 is 0 Å². The van der Waals surface area contributed by atoms with Crippen molar-refractivity contribution in [2.24, 2.45) is 0 Å². The van der Waals surface area contributed by atoms with Crippen LogP contribution in [0.4, 0.5) is 17.1 Å². The molecule has 0 fully saturated rings. The van der Waals surface area contributed by atoms with E-state index in [4.69, 9.17) is 9.15 Å². The molecule has 0 spiro atoms. The molecular weight excluding hydrogens is 853 g/mol. The SMILES string of the molecule is C[C@@H](c1ccc2c(c1)c1cccc3c1n2-c1ccccc1O3)c1ccccc1N(c1ccc(-c2ccc(-c3ccccc3)c(-c3ccccc3)c2)cc1)c1cccc2oc3c4ccccc4ccc3c12. The average Bonchev–Trinajstić information content (AvgIpc) is 3.99. The summed E-state index contributed by atoms with van der Waals surface area (Å²) in [6.45, 7) is 2.34. The molecule has 4 nitrogen and oxygen atoms in total. The van der Waals surface area contributed by atoms with E-state index < -0.39 is 0 Å². The molecule has 0 bridgehead atoms. The Labute approximate surface area is 405 Å². The fourth-order valence-electron chi connectivity index (χ4n) is 11.1. The highest BCUT2D eigenvalue weighted by Gasteiger charge is 2.27. The van der Waals surface area contributed by atoms with Crippen molar-refractivity contribution in [1.82, 2.24) is 4.57 Å². The zero-order valence-corrected chi connectivity index (χ0v) is 38.4. The third-order valence-electron chi connectivity index (χ3n) is 14.5. The number of furan rings is 1. The molecule has 0 saturated carbocycles. The summed E-state index contributed by atoms with van der Waals surface area (Å²) < 4.78 is 15.7. The Morgan fingerprint density at radius 1 is 0.443 bits per heavy atom. The van der Waals surface area contributed by atoms with Crippen molar-refractivity contribution in [3.8, 4) is 50.6 Å². The molecule has 11 aromatic carbocycles. The average molecular weight is 897 g/mol. The number of hydrogen-bond donors (Lipinski definition) is 0. The third-order valence-corrected chi connectivity index (χ3v) is 14.5. The van der Waals surface area contributed by atoms with Gasteiger partial charge < -0.3 is 18.6 Å². The molecule has 0 amide bonds. The molecule has 0 radical (unpaired) electrons. The zero-order chi connectivity index (χ0) is 46.3. The normalized spacial score (nSPS) is 12.4. The zero-order valence-electron chi connectivity index (χ0n) is 38.4. The van der Waals surface area contributed by atoms with Gasteiger partial charge in [0, 0.05) is 38.8 Å². The Morgan fingerprint density at radius 2 is 1.13 bits per heavy atom. The second-order valence-corrected chi connectivity index (χ2v) is 18.4. The largest absolute Gasteiger partial charge is 0.455 e. The molecule has 1 aliphatic heterocycles. The van der Waals surface area contributed by atoms with Gasteiger partial charge in [-0.2, -0.15) is 0 Å². The van der Waals surface area contributed by atoms with Crippen LogP contribution in [0.1, 0.15) is 24.0 Å². The molecule has 70 heavy (non-hydrogen) atoms. The van der Waals surface area contributed by atoms with Gasteiger partial charge in [0.15, 0.2) is 11.5 Å². The second-order valence-electron chi connectivity index (χ2n) is 18.4. The van der Waals surface area contributed by atoms with E-state index in [-0.39, 0.29) is 5.92 Å². The fraction of sp³-hybridized carbons (Fsp3) is 0.0303. The van der Waals surface area contributed by atoms with Crippen LogP contribution in [0.25, 0.3) is 93.6 Å². The lowest BCUT2D eigenvalue weighted by molar-refractivity contribution is 0.476. The van der Waals surface area contributed by atoms with Gasteiger partial charge in [0.2, 0.25) is 0 Å². The predicted octanol–water partition coefficient (Wildman–Crippen LogP) is 18.6. The highest BCUT2D eigenvalue weighted by atomic mass is 16.5. The van der Waals surface area contributed by atoms with Crippen LogP contribution in [-0.4, -0.2) is 4.57 Å².